The van der Waals surface area contributed by atoms with Gasteiger partial charge in [-0.05, 0) is 37.5 Å². The van der Waals surface area contributed by atoms with Gasteiger partial charge in [0.05, 0.1) is 10.7 Å². The van der Waals surface area contributed by atoms with Crippen LogP contribution in [0.4, 0.5) is 18.9 Å². The number of nitrogens with one attached hydrogen (secondary N) is 1. The number of halogens is 5. The van der Waals surface area contributed by atoms with Crippen LogP contribution in [-0.4, -0.2) is 15.7 Å². The molecule has 1 aromatic heterocycles. The quantitative estimate of drug-likeness (QED) is 0.793. The second kappa shape index (κ2) is 6.53. The maximum atomic E-state index is 13.0. The van der Waals surface area contributed by atoms with Gasteiger partial charge in [0.25, 0.3) is 0 Å². The van der Waals surface area contributed by atoms with E-state index in [1.165, 1.54) is 0 Å². The normalized spacial score (nSPS) is 14.6. The van der Waals surface area contributed by atoms with E-state index in [9.17, 15) is 18.0 Å². The van der Waals surface area contributed by atoms with E-state index >= 15 is 0 Å². The van der Waals surface area contributed by atoms with Crippen molar-refractivity contribution >= 4 is 34.8 Å². The molecule has 0 atom stereocenters. The van der Waals surface area contributed by atoms with Gasteiger partial charge in [0.15, 0.2) is 5.69 Å². The van der Waals surface area contributed by atoms with Gasteiger partial charge in [-0.1, -0.05) is 29.3 Å². The van der Waals surface area contributed by atoms with Crippen LogP contribution in [0.2, 0.25) is 10.0 Å². The van der Waals surface area contributed by atoms with Crippen molar-refractivity contribution in [1.29, 1.82) is 0 Å². The van der Waals surface area contributed by atoms with Crippen LogP contribution >= 0.6 is 23.2 Å². The molecular formula is C16H14Cl2F3N3O. The zero-order chi connectivity index (χ0) is 18.4. The Morgan fingerprint density at radius 3 is 2.64 bits per heavy atom. The minimum absolute atomic E-state index is 0.0863. The second-order valence-corrected chi connectivity index (χ2v) is 6.80. The van der Waals surface area contributed by atoms with E-state index in [4.69, 9.17) is 23.2 Å². The molecule has 25 heavy (non-hydrogen) atoms. The fraction of sp³-hybridized carbons (Fsp3) is 0.375. The molecule has 1 fully saturated rings. The molecule has 1 aliphatic carbocycles. The number of nitrogens with zero attached hydrogens (tertiary/aromatic N) is 2. The molecule has 1 heterocycles. The topological polar surface area (TPSA) is 46.9 Å². The minimum atomic E-state index is -4.66. The third kappa shape index (κ3) is 3.93. The minimum Gasteiger partial charge on any atom is -0.324 e. The van der Waals surface area contributed by atoms with Gasteiger partial charge in [-0.25, -0.2) is 0 Å². The number of anilines is 1. The van der Waals surface area contributed by atoms with Crippen LogP contribution in [0.5, 0.6) is 0 Å². The van der Waals surface area contributed by atoms with Gasteiger partial charge in [-0.3, -0.25) is 9.48 Å². The maximum absolute atomic E-state index is 13.0. The van der Waals surface area contributed by atoms with Crippen molar-refractivity contribution in [3.8, 4) is 0 Å². The number of amides is 1. The molecule has 0 saturated heterocycles. The third-order valence-corrected chi connectivity index (χ3v) is 4.54. The summed E-state index contributed by atoms with van der Waals surface area (Å²) in [6, 6.07) is 4.99. The van der Waals surface area contributed by atoms with Gasteiger partial charge in [0, 0.05) is 16.6 Å². The van der Waals surface area contributed by atoms with Crippen LogP contribution in [0.25, 0.3) is 0 Å². The van der Waals surface area contributed by atoms with Crippen molar-refractivity contribution in [3.05, 3.63) is 45.2 Å². The molecular weight excluding hydrogens is 378 g/mol. The molecule has 3 rings (SSSR count). The van der Waals surface area contributed by atoms with E-state index in [1.807, 2.05) is 0 Å². The lowest BCUT2D eigenvalue weighted by Crippen LogP contribution is -2.21. The van der Waals surface area contributed by atoms with E-state index in [0.717, 1.165) is 23.1 Å². The predicted octanol–water partition coefficient (Wildman–Crippen LogP) is 5.03. The first kappa shape index (κ1) is 18.1. The number of hydrogen-bond donors (Lipinski definition) is 1. The second-order valence-electron chi connectivity index (χ2n) is 5.98. The highest BCUT2D eigenvalue weighted by Crippen LogP contribution is 2.46. The molecule has 4 nitrogen and oxygen atoms in total. The Labute approximate surface area is 151 Å². The number of aromatic nitrogens is 2. The standard InChI is InChI=1S/C16H14Cl2F3N3O/c1-8-2-5-10(17)6-11(8)22-12(25)7-24-14(9-3-4-9)13(18)15(23-24)16(19,20)21/h2,5-6,9H,3-4,7H2,1H3,(H,22,25). The lowest BCUT2D eigenvalue weighted by molar-refractivity contribution is -0.141. The van der Waals surface area contributed by atoms with Gasteiger partial charge in [0.1, 0.15) is 6.54 Å². The highest BCUT2D eigenvalue weighted by Gasteiger charge is 2.42. The molecule has 0 bridgehead atoms. The van der Waals surface area contributed by atoms with Gasteiger partial charge < -0.3 is 5.32 Å². The van der Waals surface area contributed by atoms with Crippen LogP contribution in [-0.2, 0) is 17.5 Å². The first-order chi connectivity index (χ1) is 11.7. The van der Waals surface area contributed by atoms with Crippen molar-refractivity contribution in [2.45, 2.75) is 38.4 Å². The molecule has 1 aromatic carbocycles. The number of alkyl halides is 3. The van der Waals surface area contributed by atoms with Crippen molar-refractivity contribution in [1.82, 2.24) is 9.78 Å². The Bertz CT molecular complexity index is 829. The molecule has 0 spiro atoms. The number of hydrogen-bond acceptors (Lipinski definition) is 2. The first-order valence-corrected chi connectivity index (χ1v) is 8.32. The largest absolute Gasteiger partial charge is 0.436 e. The summed E-state index contributed by atoms with van der Waals surface area (Å²) in [7, 11) is 0. The molecule has 0 radical (unpaired) electrons. The first-order valence-electron chi connectivity index (χ1n) is 7.56. The third-order valence-electron chi connectivity index (χ3n) is 3.93. The summed E-state index contributed by atoms with van der Waals surface area (Å²) in [5.41, 5.74) is 0.407. The van der Waals surface area contributed by atoms with Crippen molar-refractivity contribution in [3.63, 3.8) is 0 Å². The SMILES string of the molecule is Cc1ccc(Cl)cc1NC(=O)Cn1nc(C(F)(F)F)c(Cl)c1C1CC1. The van der Waals surface area contributed by atoms with Crippen molar-refractivity contribution in [2.24, 2.45) is 0 Å². The fourth-order valence-electron chi connectivity index (χ4n) is 2.56. The Morgan fingerprint density at radius 2 is 2.04 bits per heavy atom. The number of carbonyl (C=O) groups excluding carboxylic acids is 1. The van der Waals surface area contributed by atoms with E-state index in [2.05, 4.69) is 10.4 Å². The Kier molecular flexibility index (Phi) is 4.72. The summed E-state index contributed by atoms with van der Waals surface area (Å²) in [5.74, 6) is -0.586. The van der Waals surface area contributed by atoms with Gasteiger partial charge in [0.2, 0.25) is 5.91 Å². The molecule has 1 saturated carbocycles. The number of rotatable bonds is 4. The molecule has 134 valence electrons. The van der Waals surface area contributed by atoms with Crippen molar-refractivity contribution < 1.29 is 18.0 Å². The van der Waals surface area contributed by atoms with E-state index in [-0.39, 0.29) is 18.2 Å². The number of aryl methyl sites for hydroxylation is 1. The van der Waals surface area contributed by atoms with Crippen LogP contribution in [0.3, 0.4) is 0 Å². The molecule has 1 amide bonds. The highest BCUT2D eigenvalue weighted by atomic mass is 35.5. The lowest BCUT2D eigenvalue weighted by atomic mass is 10.2. The summed E-state index contributed by atoms with van der Waals surface area (Å²) < 4.78 is 40.1. The molecule has 0 unspecified atom stereocenters. The molecule has 1 aliphatic rings. The summed E-state index contributed by atoms with van der Waals surface area (Å²) >= 11 is 11.8. The Balaban J connectivity index is 1.85. The van der Waals surface area contributed by atoms with E-state index in [1.54, 1.807) is 25.1 Å². The number of benzene rings is 1. The lowest BCUT2D eigenvalue weighted by Gasteiger charge is -2.10. The van der Waals surface area contributed by atoms with Crippen LogP contribution in [0.1, 0.15) is 35.7 Å². The Morgan fingerprint density at radius 1 is 1.36 bits per heavy atom. The predicted molar refractivity (Wildman–Crippen MR) is 89.0 cm³/mol. The van der Waals surface area contributed by atoms with E-state index < -0.39 is 22.8 Å². The van der Waals surface area contributed by atoms with Gasteiger partial charge in [-0.15, -0.1) is 0 Å². The van der Waals surface area contributed by atoms with Gasteiger partial charge >= 0.3 is 6.18 Å². The summed E-state index contributed by atoms with van der Waals surface area (Å²) in [6.07, 6.45) is -3.19. The van der Waals surface area contributed by atoms with Crippen molar-refractivity contribution in [2.75, 3.05) is 5.32 Å². The molecule has 1 N–H and O–H groups in total. The van der Waals surface area contributed by atoms with Crippen LogP contribution < -0.4 is 5.32 Å². The van der Waals surface area contributed by atoms with Crippen LogP contribution in [0, 0.1) is 6.92 Å². The zero-order valence-corrected chi connectivity index (χ0v) is 14.6. The average molecular weight is 392 g/mol. The van der Waals surface area contributed by atoms with E-state index in [0.29, 0.717) is 10.7 Å². The summed E-state index contributed by atoms with van der Waals surface area (Å²) in [5, 5.41) is 6.21. The Hall–Kier alpha value is -1.73. The average Bonchev–Trinajstić information content (AvgIpc) is 3.26. The molecule has 9 heteroatoms. The van der Waals surface area contributed by atoms with Gasteiger partial charge in [-0.2, -0.15) is 18.3 Å². The fourth-order valence-corrected chi connectivity index (χ4v) is 3.13. The monoisotopic (exact) mass is 391 g/mol. The van der Waals surface area contributed by atoms with Crippen LogP contribution in [0.15, 0.2) is 18.2 Å². The maximum Gasteiger partial charge on any atom is 0.436 e. The molecule has 2 aromatic rings. The summed E-state index contributed by atoms with van der Waals surface area (Å²) in [4.78, 5) is 12.3. The smallest absolute Gasteiger partial charge is 0.324 e. The zero-order valence-electron chi connectivity index (χ0n) is 13.1. The molecule has 0 aliphatic heterocycles. The number of carbonyl (C=O) groups is 1. The highest BCUT2D eigenvalue weighted by molar-refractivity contribution is 6.32. The summed E-state index contributed by atoms with van der Waals surface area (Å²) in [6.45, 7) is 1.43.